The van der Waals surface area contributed by atoms with Gasteiger partial charge in [-0.2, -0.15) is 5.26 Å². The topological polar surface area (TPSA) is 39.1 Å². The van der Waals surface area contributed by atoms with Crippen molar-refractivity contribution in [3.63, 3.8) is 0 Å². The quantitative estimate of drug-likeness (QED) is 0.923. The molecule has 0 unspecified atom stereocenters. The van der Waals surface area contributed by atoms with E-state index in [1.807, 2.05) is 26.2 Å². The second kappa shape index (κ2) is 5.77. The van der Waals surface area contributed by atoms with Crippen molar-refractivity contribution in [1.82, 2.24) is 0 Å². The number of rotatable bonds is 4. The average molecular weight is 271 g/mol. The molecule has 2 aromatic rings. The molecule has 0 aliphatic heterocycles. The smallest absolute Gasteiger partial charge is 0.110 e. The zero-order chi connectivity index (χ0) is 13.8. The molecule has 0 saturated carbocycles. The second-order valence-electron chi connectivity index (χ2n) is 4.63. The van der Waals surface area contributed by atoms with Crippen molar-refractivity contribution in [3.8, 4) is 6.07 Å². The highest BCUT2D eigenvalue weighted by molar-refractivity contribution is 7.12. The van der Waals surface area contributed by atoms with E-state index in [-0.39, 0.29) is 0 Å². The van der Waals surface area contributed by atoms with E-state index < -0.39 is 0 Å². The van der Waals surface area contributed by atoms with Gasteiger partial charge < -0.3 is 10.2 Å². The molecule has 0 fully saturated rings. The lowest BCUT2D eigenvalue weighted by atomic mass is 10.1. The van der Waals surface area contributed by atoms with Crippen molar-refractivity contribution in [1.29, 1.82) is 5.26 Å². The van der Waals surface area contributed by atoms with E-state index in [1.165, 1.54) is 27.5 Å². The van der Waals surface area contributed by atoms with E-state index in [2.05, 4.69) is 41.4 Å². The maximum absolute atomic E-state index is 8.80. The molecule has 19 heavy (non-hydrogen) atoms. The van der Waals surface area contributed by atoms with Crippen LogP contribution in [0.15, 0.2) is 30.3 Å². The summed E-state index contributed by atoms with van der Waals surface area (Å²) in [6, 6.07) is 12.4. The highest BCUT2D eigenvalue weighted by atomic mass is 32.1. The first-order valence-corrected chi connectivity index (χ1v) is 6.92. The van der Waals surface area contributed by atoms with Gasteiger partial charge in [-0.1, -0.05) is 6.07 Å². The minimum Gasteiger partial charge on any atom is -0.380 e. The fourth-order valence-corrected chi connectivity index (χ4v) is 2.67. The Labute approximate surface area is 118 Å². The van der Waals surface area contributed by atoms with Crippen LogP contribution in [0.3, 0.4) is 0 Å². The van der Waals surface area contributed by atoms with E-state index in [1.54, 1.807) is 0 Å². The van der Waals surface area contributed by atoms with E-state index in [0.717, 1.165) is 17.1 Å². The molecule has 0 aliphatic rings. The Hall–Kier alpha value is -1.99. The third-order valence-electron chi connectivity index (χ3n) is 2.93. The number of thiophene rings is 1. The summed E-state index contributed by atoms with van der Waals surface area (Å²) in [4.78, 5) is 4.04. The van der Waals surface area contributed by atoms with Crippen molar-refractivity contribution in [2.45, 2.75) is 13.5 Å². The van der Waals surface area contributed by atoms with Crippen LogP contribution in [0.5, 0.6) is 0 Å². The van der Waals surface area contributed by atoms with Gasteiger partial charge in [-0.3, -0.25) is 0 Å². The predicted octanol–water partition coefficient (Wildman–Crippen LogP) is 3.61. The molecular weight excluding hydrogens is 254 g/mol. The lowest BCUT2D eigenvalue weighted by Gasteiger charge is -2.17. The Morgan fingerprint density at radius 3 is 2.68 bits per heavy atom. The van der Waals surface area contributed by atoms with Crippen LogP contribution >= 0.6 is 11.3 Å². The molecule has 1 N–H and O–H groups in total. The summed E-state index contributed by atoms with van der Waals surface area (Å²) < 4.78 is 0. The standard InChI is InChI=1S/C15H17N3S/c1-11-4-5-12(8-15(11)18(2)3)17-10-14-7-6-13(9-16)19-14/h4-8,17H,10H2,1-3H3. The monoisotopic (exact) mass is 271 g/mol. The van der Waals surface area contributed by atoms with E-state index >= 15 is 0 Å². The molecule has 0 amide bonds. The third-order valence-corrected chi connectivity index (χ3v) is 3.92. The lowest BCUT2D eigenvalue weighted by Crippen LogP contribution is -2.10. The van der Waals surface area contributed by atoms with Gasteiger partial charge in [0, 0.05) is 36.9 Å². The normalized spacial score (nSPS) is 10.0. The summed E-state index contributed by atoms with van der Waals surface area (Å²) in [5, 5.41) is 12.2. The number of nitrogens with one attached hydrogen (secondary N) is 1. The maximum Gasteiger partial charge on any atom is 0.110 e. The number of anilines is 2. The maximum atomic E-state index is 8.80. The molecule has 0 spiro atoms. The number of hydrogen-bond acceptors (Lipinski definition) is 4. The largest absolute Gasteiger partial charge is 0.380 e. The van der Waals surface area contributed by atoms with E-state index in [0.29, 0.717) is 0 Å². The van der Waals surface area contributed by atoms with Crippen LogP contribution in [0.2, 0.25) is 0 Å². The van der Waals surface area contributed by atoms with Crippen molar-refractivity contribution in [3.05, 3.63) is 45.6 Å². The van der Waals surface area contributed by atoms with E-state index in [4.69, 9.17) is 5.26 Å². The summed E-state index contributed by atoms with van der Waals surface area (Å²) in [5.74, 6) is 0. The number of hydrogen-bond donors (Lipinski definition) is 1. The van der Waals surface area contributed by atoms with Gasteiger partial charge in [-0.05, 0) is 36.8 Å². The number of benzene rings is 1. The molecule has 0 saturated heterocycles. The van der Waals surface area contributed by atoms with Crippen molar-refractivity contribution in [2.75, 3.05) is 24.3 Å². The van der Waals surface area contributed by atoms with Crippen LogP contribution in [0.25, 0.3) is 0 Å². The molecule has 0 aliphatic carbocycles. The third kappa shape index (κ3) is 3.27. The van der Waals surface area contributed by atoms with Gasteiger partial charge in [0.05, 0.1) is 0 Å². The first kappa shape index (κ1) is 13.4. The zero-order valence-corrected chi connectivity index (χ0v) is 12.2. The number of aryl methyl sites for hydroxylation is 1. The van der Waals surface area contributed by atoms with Gasteiger partial charge in [0.25, 0.3) is 0 Å². The highest BCUT2D eigenvalue weighted by Crippen LogP contribution is 2.23. The summed E-state index contributed by atoms with van der Waals surface area (Å²) in [6.07, 6.45) is 0. The highest BCUT2D eigenvalue weighted by Gasteiger charge is 2.03. The first-order valence-electron chi connectivity index (χ1n) is 6.11. The lowest BCUT2D eigenvalue weighted by molar-refractivity contribution is 1.11. The fourth-order valence-electron chi connectivity index (χ4n) is 1.92. The molecule has 0 bridgehead atoms. The van der Waals surface area contributed by atoms with Crippen LogP contribution < -0.4 is 10.2 Å². The Kier molecular flexibility index (Phi) is 4.08. The molecule has 3 nitrogen and oxygen atoms in total. The summed E-state index contributed by atoms with van der Waals surface area (Å²) in [6.45, 7) is 2.86. The van der Waals surface area contributed by atoms with Crippen LogP contribution in [0.4, 0.5) is 11.4 Å². The molecular formula is C15H17N3S. The molecule has 4 heteroatoms. The SMILES string of the molecule is Cc1ccc(NCc2ccc(C#N)s2)cc1N(C)C. The van der Waals surface area contributed by atoms with Gasteiger partial charge in [-0.25, -0.2) is 0 Å². The van der Waals surface area contributed by atoms with Crippen LogP contribution in [-0.2, 0) is 6.54 Å². The Balaban J connectivity index is 2.07. The second-order valence-corrected chi connectivity index (χ2v) is 5.80. The Morgan fingerprint density at radius 2 is 2.05 bits per heavy atom. The van der Waals surface area contributed by atoms with Crippen molar-refractivity contribution >= 4 is 22.7 Å². The minimum atomic E-state index is 0.752. The molecule has 2 rings (SSSR count). The predicted molar refractivity (Wildman–Crippen MR) is 81.9 cm³/mol. The zero-order valence-electron chi connectivity index (χ0n) is 11.4. The van der Waals surface area contributed by atoms with Crippen molar-refractivity contribution in [2.24, 2.45) is 0 Å². The van der Waals surface area contributed by atoms with Crippen molar-refractivity contribution < 1.29 is 0 Å². The molecule has 98 valence electrons. The average Bonchev–Trinajstić information content (AvgIpc) is 2.85. The molecule has 1 aromatic carbocycles. The van der Waals surface area contributed by atoms with Gasteiger partial charge in [0.1, 0.15) is 10.9 Å². The molecule has 1 aromatic heterocycles. The summed E-state index contributed by atoms with van der Waals surface area (Å²) >= 11 is 1.53. The van der Waals surface area contributed by atoms with E-state index in [9.17, 15) is 0 Å². The van der Waals surface area contributed by atoms with Crippen LogP contribution in [0, 0.1) is 18.3 Å². The number of nitrogens with zero attached hydrogens (tertiary/aromatic N) is 2. The summed E-state index contributed by atoms with van der Waals surface area (Å²) in [5.41, 5.74) is 3.58. The molecule has 0 atom stereocenters. The first-order chi connectivity index (χ1) is 9.10. The van der Waals surface area contributed by atoms with Crippen LogP contribution in [0.1, 0.15) is 15.3 Å². The Bertz CT molecular complexity index is 608. The van der Waals surface area contributed by atoms with Crippen LogP contribution in [-0.4, -0.2) is 14.1 Å². The van der Waals surface area contributed by atoms with Gasteiger partial charge >= 0.3 is 0 Å². The Morgan fingerprint density at radius 1 is 1.26 bits per heavy atom. The van der Waals surface area contributed by atoms with Gasteiger partial charge in [0.15, 0.2) is 0 Å². The molecule has 0 radical (unpaired) electrons. The molecule has 1 heterocycles. The minimum absolute atomic E-state index is 0.752. The van der Waals surface area contributed by atoms with Gasteiger partial charge in [-0.15, -0.1) is 11.3 Å². The van der Waals surface area contributed by atoms with Gasteiger partial charge in [0.2, 0.25) is 0 Å². The number of nitriles is 1. The fraction of sp³-hybridized carbons (Fsp3) is 0.267. The summed E-state index contributed by atoms with van der Waals surface area (Å²) in [7, 11) is 4.09.